The number of rotatable bonds is 3. The molecule has 0 aliphatic carbocycles. The van der Waals surface area contributed by atoms with Gasteiger partial charge in [0.15, 0.2) is 23.1 Å². The van der Waals surface area contributed by atoms with Gasteiger partial charge in [0.05, 0.1) is 23.4 Å². The van der Waals surface area contributed by atoms with Crippen molar-refractivity contribution < 1.29 is 15.3 Å². The predicted octanol–water partition coefficient (Wildman–Crippen LogP) is 2.19. The van der Waals surface area contributed by atoms with Crippen LogP contribution in [0.15, 0.2) is 47.7 Å². The number of hydrogen-bond acceptors (Lipinski definition) is 7. The van der Waals surface area contributed by atoms with Crippen LogP contribution >= 0.6 is 0 Å². The molecule has 3 rings (SSSR count). The van der Waals surface area contributed by atoms with Crippen molar-refractivity contribution in [1.82, 2.24) is 9.97 Å². The molecule has 0 fully saturated rings. The van der Waals surface area contributed by atoms with E-state index in [4.69, 9.17) is 0 Å². The Labute approximate surface area is 125 Å². The maximum Gasteiger partial charge on any atom is 0.200 e. The molecular formula is C15H12N4O3. The molecule has 0 bridgehead atoms. The Morgan fingerprint density at radius 1 is 1.00 bits per heavy atom. The van der Waals surface area contributed by atoms with Gasteiger partial charge >= 0.3 is 0 Å². The number of fused-ring (bicyclic) bond motifs is 1. The van der Waals surface area contributed by atoms with Crippen molar-refractivity contribution in [2.24, 2.45) is 5.10 Å². The highest BCUT2D eigenvalue weighted by atomic mass is 16.3. The van der Waals surface area contributed by atoms with Gasteiger partial charge in [-0.05, 0) is 24.3 Å². The standard InChI is InChI=1S/C15H12N4O3/c20-12-5-9(6-13(21)15(12)22)7-17-19-14-8-16-10-3-1-2-4-11(10)18-14/h1-8,20-22H,(H,18,19)/b17-7+. The maximum atomic E-state index is 9.40. The molecule has 0 aliphatic rings. The van der Waals surface area contributed by atoms with E-state index in [1.807, 2.05) is 24.3 Å². The van der Waals surface area contributed by atoms with E-state index in [9.17, 15) is 15.3 Å². The van der Waals surface area contributed by atoms with Crippen molar-refractivity contribution >= 4 is 23.1 Å². The summed E-state index contributed by atoms with van der Waals surface area (Å²) in [6.07, 6.45) is 2.92. The first-order valence-corrected chi connectivity index (χ1v) is 6.39. The van der Waals surface area contributed by atoms with E-state index >= 15 is 0 Å². The molecule has 3 aromatic rings. The monoisotopic (exact) mass is 296 g/mol. The molecule has 0 saturated carbocycles. The fraction of sp³-hybridized carbons (Fsp3) is 0. The summed E-state index contributed by atoms with van der Waals surface area (Å²) < 4.78 is 0. The van der Waals surface area contributed by atoms with Crippen LogP contribution in [0.25, 0.3) is 11.0 Å². The Balaban J connectivity index is 1.78. The number of phenolic OH excluding ortho intramolecular Hbond substituents is 3. The number of anilines is 1. The van der Waals surface area contributed by atoms with Crippen LogP contribution in [-0.4, -0.2) is 31.5 Å². The number of para-hydroxylation sites is 2. The van der Waals surface area contributed by atoms with Gasteiger partial charge in [0.1, 0.15) is 0 Å². The van der Waals surface area contributed by atoms with Crippen molar-refractivity contribution in [3.05, 3.63) is 48.2 Å². The van der Waals surface area contributed by atoms with E-state index in [2.05, 4.69) is 20.5 Å². The molecule has 7 nitrogen and oxygen atoms in total. The second kappa shape index (κ2) is 5.57. The zero-order valence-electron chi connectivity index (χ0n) is 11.3. The summed E-state index contributed by atoms with van der Waals surface area (Å²) in [5.74, 6) is -0.952. The molecule has 110 valence electrons. The fourth-order valence-electron chi connectivity index (χ4n) is 1.88. The van der Waals surface area contributed by atoms with Gasteiger partial charge in [-0.3, -0.25) is 10.4 Å². The zero-order valence-corrected chi connectivity index (χ0v) is 11.3. The van der Waals surface area contributed by atoms with Crippen molar-refractivity contribution in [2.75, 3.05) is 5.43 Å². The third-order valence-electron chi connectivity index (χ3n) is 2.93. The number of benzene rings is 2. The highest BCUT2D eigenvalue weighted by Crippen LogP contribution is 2.34. The lowest BCUT2D eigenvalue weighted by molar-refractivity contribution is 0.368. The lowest BCUT2D eigenvalue weighted by Gasteiger charge is -2.03. The largest absolute Gasteiger partial charge is 0.504 e. The van der Waals surface area contributed by atoms with Gasteiger partial charge in [0.25, 0.3) is 0 Å². The molecule has 7 heteroatoms. The molecular weight excluding hydrogens is 284 g/mol. The first-order valence-electron chi connectivity index (χ1n) is 6.39. The molecule has 0 amide bonds. The number of hydrogen-bond donors (Lipinski definition) is 4. The van der Waals surface area contributed by atoms with Gasteiger partial charge in [-0.2, -0.15) is 5.10 Å². The second-order valence-corrected chi connectivity index (χ2v) is 4.52. The second-order valence-electron chi connectivity index (χ2n) is 4.52. The summed E-state index contributed by atoms with van der Waals surface area (Å²) in [4.78, 5) is 8.56. The highest BCUT2D eigenvalue weighted by molar-refractivity contribution is 5.82. The normalized spacial score (nSPS) is 11.1. The van der Waals surface area contributed by atoms with Crippen LogP contribution in [-0.2, 0) is 0 Å². The van der Waals surface area contributed by atoms with Crippen molar-refractivity contribution in [1.29, 1.82) is 0 Å². The lowest BCUT2D eigenvalue weighted by Crippen LogP contribution is -1.95. The van der Waals surface area contributed by atoms with Gasteiger partial charge in [-0.1, -0.05) is 12.1 Å². The van der Waals surface area contributed by atoms with Crippen LogP contribution < -0.4 is 5.43 Å². The van der Waals surface area contributed by atoms with Crippen molar-refractivity contribution in [3.63, 3.8) is 0 Å². The summed E-state index contributed by atoms with van der Waals surface area (Å²) in [5, 5.41) is 32.0. The average Bonchev–Trinajstić information content (AvgIpc) is 2.52. The van der Waals surface area contributed by atoms with Crippen molar-refractivity contribution in [2.45, 2.75) is 0 Å². The first-order chi connectivity index (χ1) is 10.6. The Bertz CT molecular complexity index is 841. The van der Waals surface area contributed by atoms with E-state index in [1.54, 1.807) is 6.20 Å². The zero-order chi connectivity index (χ0) is 15.5. The third-order valence-corrected chi connectivity index (χ3v) is 2.93. The molecule has 0 saturated heterocycles. The summed E-state index contributed by atoms with van der Waals surface area (Å²) in [7, 11) is 0. The number of hydrazone groups is 1. The summed E-state index contributed by atoms with van der Waals surface area (Å²) in [5.41, 5.74) is 4.64. The van der Waals surface area contributed by atoms with E-state index in [0.29, 0.717) is 11.4 Å². The number of aromatic hydroxyl groups is 3. The Morgan fingerprint density at radius 3 is 2.41 bits per heavy atom. The fourth-order valence-corrected chi connectivity index (χ4v) is 1.88. The topological polar surface area (TPSA) is 111 Å². The molecule has 0 spiro atoms. The molecule has 0 aliphatic heterocycles. The van der Waals surface area contributed by atoms with Gasteiger partial charge in [0.2, 0.25) is 0 Å². The maximum absolute atomic E-state index is 9.40. The van der Waals surface area contributed by atoms with E-state index in [0.717, 1.165) is 11.0 Å². The molecule has 1 heterocycles. The third kappa shape index (κ3) is 2.73. The summed E-state index contributed by atoms with van der Waals surface area (Å²) in [6, 6.07) is 9.99. The summed E-state index contributed by atoms with van der Waals surface area (Å²) in [6.45, 7) is 0. The molecule has 2 aromatic carbocycles. The Morgan fingerprint density at radius 2 is 1.68 bits per heavy atom. The van der Waals surface area contributed by atoms with Crippen LogP contribution in [0.3, 0.4) is 0 Å². The number of nitrogens with one attached hydrogen (secondary N) is 1. The van der Waals surface area contributed by atoms with Crippen molar-refractivity contribution in [3.8, 4) is 17.2 Å². The number of nitrogens with zero attached hydrogens (tertiary/aromatic N) is 3. The highest BCUT2D eigenvalue weighted by Gasteiger charge is 2.06. The van der Waals surface area contributed by atoms with Gasteiger partial charge in [0, 0.05) is 5.56 Å². The average molecular weight is 296 g/mol. The Hall–Kier alpha value is -3.35. The van der Waals surface area contributed by atoms with E-state index in [1.165, 1.54) is 18.3 Å². The Kier molecular flexibility index (Phi) is 3.45. The molecule has 4 N–H and O–H groups in total. The first kappa shape index (κ1) is 13.6. The number of phenols is 3. The number of aromatic nitrogens is 2. The minimum absolute atomic E-state index is 0.411. The quantitative estimate of drug-likeness (QED) is 0.335. The molecule has 22 heavy (non-hydrogen) atoms. The lowest BCUT2D eigenvalue weighted by atomic mass is 10.2. The van der Waals surface area contributed by atoms with E-state index < -0.39 is 17.2 Å². The minimum Gasteiger partial charge on any atom is -0.504 e. The molecule has 0 unspecified atom stereocenters. The van der Waals surface area contributed by atoms with Crippen LogP contribution in [0.1, 0.15) is 5.56 Å². The van der Waals surface area contributed by atoms with Crippen LogP contribution in [0.2, 0.25) is 0 Å². The smallest absolute Gasteiger partial charge is 0.200 e. The van der Waals surface area contributed by atoms with Crippen LogP contribution in [0.4, 0.5) is 5.82 Å². The molecule has 1 aromatic heterocycles. The predicted molar refractivity (Wildman–Crippen MR) is 82.2 cm³/mol. The minimum atomic E-state index is -0.564. The van der Waals surface area contributed by atoms with Crippen LogP contribution in [0, 0.1) is 0 Å². The van der Waals surface area contributed by atoms with Gasteiger partial charge < -0.3 is 15.3 Å². The van der Waals surface area contributed by atoms with E-state index in [-0.39, 0.29) is 0 Å². The van der Waals surface area contributed by atoms with Crippen LogP contribution in [0.5, 0.6) is 17.2 Å². The molecule has 0 radical (unpaired) electrons. The summed E-state index contributed by atoms with van der Waals surface area (Å²) >= 11 is 0. The SMILES string of the molecule is Oc1cc(/C=N/Nc2cnc3ccccc3n2)cc(O)c1O. The molecule has 0 atom stereocenters. The van der Waals surface area contributed by atoms with Gasteiger partial charge in [-0.15, -0.1) is 0 Å². The van der Waals surface area contributed by atoms with Gasteiger partial charge in [-0.25, -0.2) is 4.98 Å².